The molecule has 1 amide bonds. The van der Waals surface area contributed by atoms with E-state index in [0.29, 0.717) is 41.2 Å². The maximum atomic E-state index is 12.9. The van der Waals surface area contributed by atoms with Gasteiger partial charge in [0.15, 0.2) is 0 Å². The maximum Gasteiger partial charge on any atom is 0.332 e. The van der Waals surface area contributed by atoms with Crippen LogP contribution in [-0.4, -0.2) is 38.2 Å². The molecule has 4 aromatic rings. The fourth-order valence-electron chi connectivity index (χ4n) is 3.70. The molecule has 9 nitrogen and oxygen atoms in total. The van der Waals surface area contributed by atoms with E-state index >= 15 is 0 Å². The molecule has 0 spiro atoms. The molecule has 0 aliphatic rings. The molecule has 0 saturated heterocycles. The number of hydrogen-bond acceptors (Lipinski definition) is 5. The third kappa shape index (κ3) is 4.98. The molecule has 0 bridgehead atoms. The van der Waals surface area contributed by atoms with Gasteiger partial charge in [-0.3, -0.25) is 23.7 Å². The van der Waals surface area contributed by atoms with Crippen LogP contribution in [0.2, 0.25) is 0 Å². The number of aromatic amines is 1. The SMILES string of the molecule is C=CCn1c(=O)c2[nH]c(-c3ccc(OCCNC(=O)c4cccnc4)cc3)cc2n(CC=C)c1=O. The zero-order valence-electron chi connectivity index (χ0n) is 19.1. The van der Waals surface area contributed by atoms with E-state index in [1.807, 2.05) is 12.1 Å². The van der Waals surface area contributed by atoms with E-state index in [0.717, 1.165) is 10.1 Å². The van der Waals surface area contributed by atoms with Crippen LogP contribution in [0, 0.1) is 0 Å². The molecule has 0 atom stereocenters. The molecule has 2 N–H and O–H groups in total. The number of aromatic nitrogens is 4. The van der Waals surface area contributed by atoms with Gasteiger partial charge in [0, 0.05) is 31.2 Å². The van der Waals surface area contributed by atoms with E-state index < -0.39 is 11.2 Å². The van der Waals surface area contributed by atoms with E-state index in [4.69, 9.17) is 4.74 Å². The molecular formula is C26H25N5O4. The summed E-state index contributed by atoms with van der Waals surface area (Å²) in [6.45, 7) is 8.38. The molecule has 0 aliphatic heterocycles. The average Bonchev–Trinajstić information content (AvgIpc) is 3.33. The van der Waals surface area contributed by atoms with Crippen molar-refractivity contribution in [2.75, 3.05) is 13.2 Å². The Balaban J connectivity index is 1.48. The highest BCUT2D eigenvalue weighted by atomic mass is 16.5. The number of amides is 1. The number of hydrogen-bond donors (Lipinski definition) is 2. The van der Waals surface area contributed by atoms with Crippen molar-refractivity contribution < 1.29 is 9.53 Å². The van der Waals surface area contributed by atoms with Gasteiger partial charge >= 0.3 is 5.69 Å². The van der Waals surface area contributed by atoms with Gasteiger partial charge in [0.1, 0.15) is 17.9 Å². The lowest BCUT2D eigenvalue weighted by molar-refractivity contribution is 0.0946. The lowest BCUT2D eigenvalue weighted by atomic mass is 10.1. The molecule has 1 aromatic carbocycles. The smallest absolute Gasteiger partial charge is 0.332 e. The van der Waals surface area contributed by atoms with E-state index in [1.165, 1.54) is 16.8 Å². The molecule has 0 unspecified atom stereocenters. The minimum atomic E-state index is -0.410. The number of nitrogens with one attached hydrogen (secondary N) is 2. The second-order valence-corrected chi connectivity index (χ2v) is 7.70. The molecule has 35 heavy (non-hydrogen) atoms. The number of rotatable bonds is 10. The number of benzene rings is 1. The quantitative estimate of drug-likeness (QED) is 0.273. The molecular weight excluding hydrogens is 446 g/mol. The summed E-state index contributed by atoms with van der Waals surface area (Å²) in [5.41, 5.74) is 2.06. The van der Waals surface area contributed by atoms with Crippen molar-refractivity contribution in [2.24, 2.45) is 0 Å². The van der Waals surface area contributed by atoms with Gasteiger partial charge in [0.2, 0.25) is 0 Å². The number of carbonyl (C=O) groups excluding carboxylic acids is 1. The summed E-state index contributed by atoms with van der Waals surface area (Å²) >= 11 is 0. The van der Waals surface area contributed by atoms with Crippen molar-refractivity contribution in [3.63, 3.8) is 0 Å². The predicted octanol–water partition coefficient (Wildman–Crippen LogP) is 2.73. The number of ether oxygens (including phenoxy) is 1. The molecule has 4 rings (SSSR count). The average molecular weight is 472 g/mol. The van der Waals surface area contributed by atoms with E-state index in [1.54, 1.807) is 42.6 Å². The van der Waals surface area contributed by atoms with Crippen LogP contribution in [0.3, 0.4) is 0 Å². The van der Waals surface area contributed by atoms with Crippen molar-refractivity contribution >= 4 is 16.9 Å². The summed E-state index contributed by atoms with van der Waals surface area (Å²) < 4.78 is 8.36. The second-order valence-electron chi connectivity index (χ2n) is 7.70. The molecule has 178 valence electrons. The van der Waals surface area contributed by atoms with Crippen LogP contribution < -0.4 is 21.3 Å². The Bertz CT molecular complexity index is 1480. The van der Waals surface area contributed by atoms with E-state index in [9.17, 15) is 14.4 Å². The Morgan fingerprint density at radius 2 is 1.83 bits per heavy atom. The number of carbonyl (C=O) groups is 1. The number of H-pyrrole nitrogens is 1. The number of pyridine rings is 1. The minimum absolute atomic E-state index is 0.119. The number of allylic oxidation sites excluding steroid dienone is 2. The normalized spacial score (nSPS) is 10.7. The second kappa shape index (κ2) is 10.5. The van der Waals surface area contributed by atoms with Gasteiger partial charge in [0.05, 0.1) is 17.6 Å². The monoisotopic (exact) mass is 471 g/mol. The summed E-state index contributed by atoms with van der Waals surface area (Å²) in [6, 6.07) is 12.5. The zero-order chi connectivity index (χ0) is 24.8. The first-order chi connectivity index (χ1) is 17.0. The van der Waals surface area contributed by atoms with Gasteiger partial charge in [-0.15, -0.1) is 13.2 Å². The fourth-order valence-corrected chi connectivity index (χ4v) is 3.70. The van der Waals surface area contributed by atoms with E-state index in [-0.39, 0.29) is 19.0 Å². The summed E-state index contributed by atoms with van der Waals surface area (Å²) in [6.07, 6.45) is 6.24. The van der Waals surface area contributed by atoms with Crippen LogP contribution in [0.15, 0.2) is 89.8 Å². The number of fused-ring (bicyclic) bond motifs is 1. The Morgan fingerprint density at radius 3 is 2.51 bits per heavy atom. The Labute approximate surface area is 201 Å². The van der Waals surface area contributed by atoms with Crippen LogP contribution in [0.25, 0.3) is 22.3 Å². The lowest BCUT2D eigenvalue weighted by Crippen LogP contribution is -2.39. The summed E-state index contributed by atoms with van der Waals surface area (Å²) in [7, 11) is 0. The highest BCUT2D eigenvalue weighted by molar-refractivity contribution is 5.93. The van der Waals surface area contributed by atoms with Crippen molar-refractivity contribution in [3.8, 4) is 17.0 Å². The van der Waals surface area contributed by atoms with Crippen LogP contribution in [0.1, 0.15) is 10.4 Å². The Hall–Kier alpha value is -4.66. The third-order valence-electron chi connectivity index (χ3n) is 5.38. The molecule has 0 aliphatic carbocycles. The highest BCUT2D eigenvalue weighted by Crippen LogP contribution is 2.24. The number of nitrogens with zero attached hydrogens (tertiary/aromatic N) is 3. The van der Waals surface area contributed by atoms with Crippen molar-refractivity contribution in [3.05, 3.63) is 107 Å². The molecule has 0 fully saturated rings. The van der Waals surface area contributed by atoms with Crippen molar-refractivity contribution in [2.45, 2.75) is 13.1 Å². The van der Waals surface area contributed by atoms with Gasteiger partial charge in [-0.05, 0) is 48.0 Å². The van der Waals surface area contributed by atoms with Gasteiger partial charge in [-0.1, -0.05) is 12.2 Å². The predicted molar refractivity (Wildman–Crippen MR) is 135 cm³/mol. The minimum Gasteiger partial charge on any atom is -0.492 e. The van der Waals surface area contributed by atoms with Crippen molar-refractivity contribution in [1.82, 2.24) is 24.4 Å². The molecule has 3 aromatic heterocycles. The van der Waals surface area contributed by atoms with Crippen LogP contribution in [-0.2, 0) is 13.1 Å². The standard InChI is InChI=1S/C26H25N5O4/c1-3-13-30-22-16-21(29-23(22)25(33)31(14-4-2)26(30)34)18-7-9-20(10-8-18)35-15-12-28-24(32)19-6-5-11-27-17-19/h3-11,16-17,29H,1-2,12-15H2,(H,28,32). The first-order valence-corrected chi connectivity index (χ1v) is 11.0. The highest BCUT2D eigenvalue weighted by Gasteiger charge is 2.15. The van der Waals surface area contributed by atoms with Gasteiger partial charge in [0.25, 0.3) is 11.5 Å². The zero-order valence-corrected chi connectivity index (χ0v) is 19.1. The molecule has 0 saturated carbocycles. The summed E-state index contributed by atoms with van der Waals surface area (Å²) in [4.78, 5) is 44.8. The Kier molecular flexibility index (Phi) is 7.06. The summed E-state index contributed by atoms with van der Waals surface area (Å²) in [5, 5.41) is 2.78. The first kappa shape index (κ1) is 23.5. The topological polar surface area (TPSA) is 111 Å². The Morgan fingerprint density at radius 1 is 1.09 bits per heavy atom. The lowest BCUT2D eigenvalue weighted by Gasteiger charge is -2.08. The van der Waals surface area contributed by atoms with Gasteiger partial charge < -0.3 is 15.0 Å². The molecule has 3 heterocycles. The van der Waals surface area contributed by atoms with E-state index in [2.05, 4.69) is 28.4 Å². The largest absolute Gasteiger partial charge is 0.492 e. The van der Waals surface area contributed by atoms with Crippen LogP contribution in [0.5, 0.6) is 5.75 Å². The fraction of sp³-hybridized carbons (Fsp3) is 0.154. The van der Waals surface area contributed by atoms with Gasteiger partial charge in [-0.25, -0.2) is 4.79 Å². The van der Waals surface area contributed by atoms with Crippen molar-refractivity contribution in [1.29, 1.82) is 0 Å². The van der Waals surface area contributed by atoms with Gasteiger partial charge in [-0.2, -0.15) is 0 Å². The van der Waals surface area contributed by atoms with Crippen LogP contribution >= 0.6 is 0 Å². The first-order valence-electron chi connectivity index (χ1n) is 11.0. The molecule has 0 radical (unpaired) electrons. The maximum absolute atomic E-state index is 12.9. The third-order valence-corrected chi connectivity index (χ3v) is 5.38. The molecule has 9 heteroatoms. The van der Waals surface area contributed by atoms with Crippen LogP contribution in [0.4, 0.5) is 0 Å². The summed E-state index contributed by atoms with van der Waals surface area (Å²) in [5.74, 6) is 0.426.